The summed E-state index contributed by atoms with van der Waals surface area (Å²) in [6.07, 6.45) is -2.78. The lowest BCUT2D eigenvalue weighted by Gasteiger charge is -2.08. The summed E-state index contributed by atoms with van der Waals surface area (Å²) in [6, 6.07) is 3.84. The van der Waals surface area contributed by atoms with Gasteiger partial charge in [0.1, 0.15) is 6.07 Å². The van der Waals surface area contributed by atoms with Crippen LogP contribution in [0.4, 0.5) is 14.5 Å². The lowest BCUT2D eigenvalue weighted by Crippen LogP contribution is -2.05. The van der Waals surface area contributed by atoms with Gasteiger partial charge in [-0.05, 0) is 13.0 Å². The van der Waals surface area contributed by atoms with Gasteiger partial charge < -0.3 is 5.73 Å². The minimum Gasteiger partial charge on any atom is -0.397 e. The number of nitrogens with two attached hydrogens (primary N) is 1. The Morgan fingerprint density at radius 2 is 2.13 bits per heavy atom. The number of alkyl halides is 2. The first-order chi connectivity index (χ1) is 6.99. The minimum atomic E-state index is -2.78. The minimum absolute atomic E-state index is 0.0935. The molecule has 0 radical (unpaired) electrons. The average molecular weight is 210 g/mol. The molecule has 0 atom stereocenters. The number of halogens is 2. The van der Waals surface area contributed by atoms with Crippen molar-refractivity contribution in [2.24, 2.45) is 0 Å². The Bertz CT molecular complexity index is 449. The van der Waals surface area contributed by atoms with Gasteiger partial charge in [0.2, 0.25) is 0 Å². The van der Waals surface area contributed by atoms with E-state index >= 15 is 0 Å². The van der Waals surface area contributed by atoms with Crippen molar-refractivity contribution in [3.63, 3.8) is 0 Å². The van der Waals surface area contributed by atoms with Gasteiger partial charge in [0.15, 0.2) is 5.78 Å². The van der Waals surface area contributed by atoms with Crippen LogP contribution < -0.4 is 5.73 Å². The predicted octanol–water partition coefficient (Wildman–Crippen LogP) is 2.28. The highest BCUT2D eigenvalue weighted by Gasteiger charge is 2.18. The van der Waals surface area contributed by atoms with Crippen molar-refractivity contribution in [2.45, 2.75) is 13.3 Å². The second kappa shape index (κ2) is 4.05. The zero-order valence-corrected chi connectivity index (χ0v) is 7.92. The van der Waals surface area contributed by atoms with Gasteiger partial charge in [0.25, 0.3) is 6.43 Å². The number of rotatable bonds is 2. The Morgan fingerprint density at radius 3 is 2.53 bits per heavy atom. The number of carbonyl (C=O) groups is 1. The highest BCUT2D eigenvalue weighted by molar-refractivity contribution is 6.00. The van der Waals surface area contributed by atoms with Gasteiger partial charge in [-0.25, -0.2) is 8.78 Å². The van der Waals surface area contributed by atoms with Crippen LogP contribution in [0.3, 0.4) is 0 Å². The molecule has 0 aromatic heterocycles. The zero-order chi connectivity index (χ0) is 11.6. The quantitative estimate of drug-likeness (QED) is 0.601. The van der Waals surface area contributed by atoms with Crippen LogP contribution in [0.15, 0.2) is 12.1 Å². The van der Waals surface area contributed by atoms with Crippen molar-refractivity contribution in [2.75, 3.05) is 5.73 Å². The first-order valence-corrected chi connectivity index (χ1v) is 4.10. The number of hydrogen-bond donors (Lipinski definition) is 1. The van der Waals surface area contributed by atoms with Crippen LogP contribution in [0.25, 0.3) is 0 Å². The van der Waals surface area contributed by atoms with Gasteiger partial charge in [0, 0.05) is 11.1 Å². The predicted molar refractivity (Wildman–Crippen MR) is 50.5 cm³/mol. The Morgan fingerprint density at radius 1 is 1.53 bits per heavy atom. The molecule has 0 amide bonds. The molecule has 0 spiro atoms. The summed E-state index contributed by atoms with van der Waals surface area (Å²) >= 11 is 0. The van der Waals surface area contributed by atoms with Crippen molar-refractivity contribution < 1.29 is 13.6 Å². The maximum absolute atomic E-state index is 12.4. The molecule has 0 aliphatic rings. The molecule has 0 saturated carbocycles. The molecule has 1 aromatic carbocycles. The van der Waals surface area contributed by atoms with E-state index in [0.717, 1.165) is 6.07 Å². The molecule has 1 aromatic rings. The first-order valence-electron chi connectivity index (χ1n) is 4.10. The number of nitrogens with zero attached hydrogens (tertiary/aromatic N) is 1. The van der Waals surface area contributed by atoms with E-state index in [4.69, 9.17) is 11.0 Å². The molecule has 5 heteroatoms. The van der Waals surface area contributed by atoms with Crippen LogP contribution in [0, 0.1) is 11.3 Å². The molecule has 15 heavy (non-hydrogen) atoms. The Kier molecular flexibility index (Phi) is 3.00. The lowest BCUT2D eigenvalue weighted by atomic mass is 10.00. The van der Waals surface area contributed by atoms with E-state index in [2.05, 4.69) is 0 Å². The molecule has 2 N–H and O–H groups in total. The van der Waals surface area contributed by atoms with Crippen LogP contribution in [0.1, 0.15) is 34.8 Å². The monoisotopic (exact) mass is 210 g/mol. The van der Waals surface area contributed by atoms with E-state index in [1.54, 1.807) is 6.07 Å². The zero-order valence-electron chi connectivity index (χ0n) is 7.92. The summed E-state index contributed by atoms with van der Waals surface area (Å²) in [5, 5.41) is 8.68. The molecule has 0 fully saturated rings. The highest BCUT2D eigenvalue weighted by Crippen LogP contribution is 2.28. The summed E-state index contributed by atoms with van der Waals surface area (Å²) in [7, 11) is 0. The summed E-state index contributed by atoms with van der Waals surface area (Å²) in [4.78, 5) is 11.0. The number of benzene rings is 1. The number of Topliss-reactive ketones (excluding diaryl/α,β-unsaturated/α-hetero) is 1. The van der Waals surface area contributed by atoms with E-state index in [-0.39, 0.29) is 22.6 Å². The number of nitrogen functional groups attached to an aromatic ring is 1. The van der Waals surface area contributed by atoms with Gasteiger partial charge in [0.05, 0.1) is 11.3 Å². The Labute approximate surface area is 85.1 Å². The Hall–Kier alpha value is -1.96. The van der Waals surface area contributed by atoms with Crippen LogP contribution in [0.5, 0.6) is 0 Å². The van der Waals surface area contributed by atoms with Crippen molar-refractivity contribution in [1.29, 1.82) is 5.26 Å². The molecule has 0 bridgehead atoms. The SMILES string of the molecule is CC(=O)c1ccc(C(F)F)c(C#N)c1N. The molecule has 1 rings (SSSR count). The van der Waals surface area contributed by atoms with Crippen molar-refractivity contribution in [1.82, 2.24) is 0 Å². The number of nitriles is 1. The van der Waals surface area contributed by atoms with Crippen LogP contribution >= 0.6 is 0 Å². The first kappa shape index (κ1) is 11.1. The molecule has 0 heterocycles. The summed E-state index contributed by atoms with van der Waals surface area (Å²) in [5.74, 6) is -0.357. The van der Waals surface area contributed by atoms with Crippen LogP contribution in [-0.2, 0) is 0 Å². The van der Waals surface area contributed by atoms with Gasteiger partial charge in [-0.3, -0.25) is 4.79 Å². The molecule has 0 unspecified atom stereocenters. The molecule has 0 aliphatic heterocycles. The lowest BCUT2D eigenvalue weighted by molar-refractivity contribution is 0.101. The van der Waals surface area contributed by atoms with Crippen molar-refractivity contribution in [3.8, 4) is 6.07 Å². The van der Waals surface area contributed by atoms with Gasteiger partial charge in [-0.1, -0.05) is 6.07 Å². The van der Waals surface area contributed by atoms with Crippen LogP contribution in [-0.4, -0.2) is 5.78 Å². The third-order valence-corrected chi connectivity index (χ3v) is 2.00. The van der Waals surface area contributed by atoms with Gasteiger partial charge in [-0.2, -0.15) is 5.26 Å². The van der Waals surface area contributed by atoms with E-state index in [0.29, 0.717) is 0 Å². The number of ketones is 1. The summed E-state index contributed by atoms with van der Waals surface area (Å²) in [5.41, 5.74) is 4.61. The third kappa shape index (κ3) is 1.94. The van der Waals surface area contributed by atoms with Crippen molar-refractivity contribution in [3.05, 3.63) is 28.8 Å². The molecular weight excluding hydrogens is 202 g/mol. The maximum atomic E-state index is 12.4. The van der Waals surface area contributed by atoms with E-state index in [1.165, 1.54) is 13.0 Å². The van der Waals surface area contributed by atoms with Crippen LogP contribution in [0.2, 0.25) is 0 Å². The Balaban J connectivity index is 3.48. The molecule has 0 aliphatic carbocycles. The second-order valence-electron chi connectivity index (χ2n) is 2.96. The maximum Gasteiger partial charge on any atom is 0.265 e. The summed E-state index contributed by atoms with van der Waals surface area (Å²) < 4.78 is 24.9. The molecular formula is C10H8F2N2O. The highest BCUT2D eigenvalue weighted by atomic mass is 19.3. The third-order valence-electron chi connectivity index (χ3n) is 2.00. The van der Waals surface area contributed by atoms with Gasteiger partial charge in [-0.15, -0.1) is 0 Å². The topological polar surface area (TPSA) is 66.9 Å². The normalized spacial score (nSPS) is 10.1. The number of hydrogen-bond acceptors (Lipinski definition) is 3. The standard InChI is InChI=1S/C10H8F2N2O/c1-5(15)6-2-3-7(10(11)12)8(4-13)9(6)14/h2-3,10H,14H2,1H3. The van der Waals surface area contributed by atoms with E-state index in [9.17, 15) is 13.6 Å². The molecule has 78 valence electrons. The largest absolute Gasteiger partial charge is 0.397 e. The second-order valence-corrected chi connectivity index (χ2v) is 2.96. The van der Waals surface area contributed by atoms with E-state index < -0.39 is 12.0 Å². The van der Waals surface area contributed by atoms with Gasteiger partial charge >= 0.3 is 0 Å². The molecule has 3 nitrogen and oxygen atoms in total. The fourth-order valence-electron chi connectivity index (χ4n) is 1.25. The number of carbonyl (C=O) groups excluding carboxylic acids is 1. The number of anilines is 1. The molecule has 0 saturated heterocycles. The smallest absolute Gasteiger partial charge is 0.265 e. The van der Waals surface area contributed by atoms with Crippen molar-refractivity contribution >= 4 is 11.5 Å². The fraction of sp³-hybridized carbons (Fsp3) is 0.200. The average Bonchev–Trinajstić information content (AvgIpc) is 2.16. The fourth-order valence-corrected chi connectivity index (χ4v) is 1.25. The van der Waals surface area contributed by atoms with E-state index in [1.807, 2.05) is 0 Å². The summed E-state index contributed by atoms with van der Waals surface area (Å²) in [6.45, 7) is 1.26.